The van der Waals surface area contributed by atoms with Gasteiger partial charge in [0.05, 0.1) is 15.1 Å². The Bertz CT molecular complexity index is 1190. The number of amides is 1. The molecule has 1 N–H and O–H groups in total. The molecule has 1 aliphatic heterocycles. The lowest BCUT2D eigenvalue weighted by atomic mass is 10.2. The molecule has 0 unspecified atom stereocenters. The summed E-state index contributed by atoms with van der Waals surface area (Å²) in [4.78, 5) is 13.3. The molecule has 0 spiro atoms. The van der Waals surface area contributed by atoms with Gasteiger partial charge in [0, 0.05) is 25.7 Å². The van der Waals surface area contributed by atoms with Crippen LogP contribution in [-0.4, -0.2) is 36.3 Å². The molecule has 28 heavy (non-hydrogen) atoms. The van der Waals surface area contributed by atoms with E-state index in [1.165, 1.54) is 39.9 Å². The molecule has 0 saturated carbocycles. The molecule has 2 heterocycles. The molecule has 1 fully saturated rings. The summed E-state index contributed by atoms with van der Waals surface area (Å²) in [7, 11) is -1.59. The molecule has 146 valence electrons. The van der Waals surface area contributed by atoms with E-state index in [1.54, 1.807) is 0 Å². The minimum atomic E-state index is -3.48. The van der Waals surface area contributed by atoms with E-state index < -0.39 is 10.0 Å². The SMILES string of the molecule is Cn1c(=NNC(=O)c2ccc(S(=O)(=O)N3CCCC3)cc2)sc2ccccc21. The average molecular weight is 417 g/mol. The van der Waals surface area contributed by atoms with E-state index in [0.717, 1.165) is 23.1 Å². The van der Waals surface area contributed by atoms with Crippen molar-refractivity contribution >= 4 is 37.5 Å². The Hall–Kier alpha value is -2.49. The molecular formula is C19H20N4O3S2. The summed E-state index contributed by atoms with van der Waals surface area (Å²) in [5.74, 6) is -0.387. The third-order valence-corrected chi connectivity index (χ3v) is 7.81. The molecule has 3 aromatic rings. The number of thiazole rings is 1. The second kappa shape index (κ2) is 7.50. The minimum absolute atomic E-state index is 0.207. The topological polar surface area (TPSA) is 83.8 Å². The van der Waals surface area contributed by atoms with Gasteiger partial charge in [0.2, 0.25) is 14.8 Å². The Labute approximate surface area is 167 Å². The Morgan fingerprint density at radius 2 is 1.75 bits per heavy atom. The lowest BCUT2D eigenvalue weighted by molar-refractivity contribution is 0.0953. The molecule has 9 heteroatoms. The summed E-state index contributed by atoms with van der Waals surface area (Å²) in [5.41, 5.74) is 3.94. The van der Waals surface area contributed by atoms with Crippen LogP contribution in [0.1, 0.15) is 23.2 Å². The highest BCUT2D eigenvalue weighted by Crippen LogP contribution is 2.21. The van der Waals surface area contributed by atoms with Crippen molar-refractivity contribution in [1.82, 2.24) is 14.3 Å². The van der Waals surface area contributed by atoms with Gasteiger partial charge in [-0.15, -0.1) is 5.10 Å². The highest BCUT2D eigenvalue weighted by molar-refractivity contribution is 7.89. The number of nitrogens with one attached hydrogen (secondary N) is 1. The predicted molar refractivity (Wildman–Crippen MR) is 108 cm³/mol. The monoisotopic (exact) mass is 416 g/mol. The predicted octanol–water partition coefficient (Wildman–Crippen LogP) is 2.27. The number of para-hydroxylation sites is 1. The maximum atomic E-state index is 12.6. The van der Waals surface area contributed by atoms with Crippen LogP contribution in [0.2, 0.25) is 0 Å². The third kappa shape index (κ3) is 3.48. The van der Waals surface area contributed by atoms with Crippen LogP contribution in [0.3, 0.4) is 0 Å². The number of rotatable bonds is 4. The van der Waals surface area contributed by atoms with Gasteiger partial charge >= 0.3 is 0 Å². The van der Waals surface area contributed by atoms with Crippen LogP contribution in [0.5, 0.6) is 0 Å². The smallest absolute Gasteiger partial charge is 0.271 e. The van der Waals surface area contributed by atoms with Crippen LogP contribution in [0.4, 0.5) is 0 Å². The van der Waals surface area contributed by atoms with E-state index in [1.807, 2.05) is 35.9 Å². The second-order valence-electron chi connectivity index (χ2n) is 6.60. The molecular weight excluding hydrogens is 396 g/mol. The Kier molecular flexibility index (Phi) is 5.05. The van der Waals surface area contributed by atoms with Crippen molar-refractivity contribution in [3.05, 3.63) is 58.9 Å². The van der Waals surface area contributed by atoms with Gasteiger partial charge in [-0.25, -0.2) is 13.8 Å². The van der Waals surface area contributed by atoms with Crippen molar-refractivity contribution < 1.29 is 13.2 Å². The first-order valence-electron chi connectivity index (χ1n) is 8.96. The molecule has 0 aliphatic carbocycles. The number of hydrogen-bond donors (Lipinski definition) is 1. The number of aryl methyl sites for hydroxylation is 1. The first kappa shape index (κ1) is 18.9. The number of hydrogen-bond acceptors (Lipinski definition) is 5. The molecule has 0 bridgehead atoms. The third-order valence-electron chi connectivity index (χ3n) is 4.79. The zero-order valence-electron chi connectivity index (χ0n) is 15.3. The van der Waals surface area contributed by atoms with E-state index in [-0.39, 0.29) is 10.8 Å². The highest BCUT2D eigenvalue weighted by Gasteiger charge is 2.27. The molecule has 2 aromatic carbocycles. The molecule has 1 aromatic heterocycles. The van der Waals surface area contributed by atoms with Crippen molar-refractivity contribution in [3.63, 3.8) is 0 Å². The van der Waals surface area contributed by atoms with E-state index in [4.69, 9.17) is 0 Å². The number of fused-ring (bicyclic) bond motifs is 1. The molecule has 1 aliphatic rings. The fourth-order valence-corrected chi connectivity index (χ4v) is 5.70. The van der Waals surface area contributed by atoms with Crippen LogP contribution < -0.4 is 10.2 Å². The van der Waals surface area contributed by atoms with Crippen LogP contribution in [0.15, 0.2) is 58.5 Å². The number of carbonyl (C=O) groups is 1. The standard InChI is InChI=1S/C19H20N4O3S2/c1-22-16-6-2-3-7-17(16)27-19(22)21-20-18(24)14-8-10-15(11-9-14)28(25,26)23-12-4-5-13-23/h2-3,6-11H,4-5,12-13H2,1H3,(H,20,24). The number of benzene rings is 2. The average Bonchev–Trinajstić information content (AvgIpc) is 3.36. The lowest BCUT2D eigenvalue weighted by Crippen LogP contribution is -2.28. The molecule has 1 amide bonds. The minimum Gasteiger partial charge on any atom is -0.318 e. The quantitative estimate of drug-likeness (QED) is 0.662. The zero-order chi connectivity index (χ0) is 19.7. The van der Waals surface area contributed by atoms with Crippen molar-refractivity contribution in [2.75, 3.05) is 13.1 Å². The summed E-state index contributed by atoms with van der Waals surface area (Å²) in [6, 6.07) is 13.9. The molecule has 0 radical (unpaired) electrons. The van der Waals surface area contributed by atoms with Crippen LogP contribution in [0, 0.1) is 0 Å². The van der Waals surface area contributed by atoms with Gasteiger partial charge in [-0.05, 0) is 49.2 Å². The first-order chi connectivity index (χ1) is 13.5. The molecule has 4 rings (SSSR count). The Balaban J connectivity index is 1.53. The maximum absolute atomic E-state index is 12.6. The molecule has 1 saturated heterocycles. The van der Waals surface area contributed by atoms with Gasteiger partial charge in [0.15, 0.2) is 0 Å². The molecule has 7 nitrogen and oxygen atoms in total. The van der Waals surface area contributed by atoms with Crippen molar-refractivity contribution in [1.29, 1.82) is 0 Å². The largest absolute Gasteiger partial charge is 0.318 e. The number of nitrogens with zero attached hydrogens (tertiary/aromatic N) is 3. The highest BCUT2D eigenvalue weighted by atomic mass is 32.2. The van der Waals surface area contributed by atoms with E-state index >= 15 is 0 Å². The van der Waals surface area contributed by atoms with Crippen LogP contribution in [-0.2, 0) is 17.1 Å². The van der Waals surface area contributed by atoms with Crippen molar-refractivity contribution in [3.8, 4) is 0 Å². The number of carbonyl (C=O) groups excluding carboxylic acids is 1. The van der Waals surface area contributed by atoms with Gasteiger partial charge in [-0.2, -0.15) is 4.31 Å². The summed E-state index contributed by atoms with van der Waals surface area (Å²) in [5, 5.41) is 4.21. The fourth-order valence-electron chi connectivity index (χ4n) is 3.21. The summed E-state index contributed by atoms with van der Waals surface area (Å²) in [6.07, 6.45) is 1.77. The van der Waals surface area contributed by atoms with E-state index in [9.17, 15) is 13.2 Å². The van der Waals surface area contributed by atoms with Crippen LogP contribution >= 0.6 is 11.3 Å². The maximum Gasteiger partial charge on any atom is 0.271 e. The lowest BCUT2D eigenvalue weighted by Gasteiger charge is -2.15. The number of sulfonamides is 1. The normalized spacial score (nSPS) is 16.0. The fraction of sp³-hybridized carbons (Fsp3) is 0.263. The Morgan fingerprint density at radius 1 is 1.07 bits per heavy atom. The van der Waals surface area contributed by atoms with Gasteiger partial charge < -0.3 is 4.57 Å². The van der Waals surface area contributed by atoms with Gasteiger partial charge in [0.1, 0.15) is 0 Å². The van der Waals surface area contributed by atoms with Crippen molar-refractivity contribution in [2.24, 2.45) is 12.1 Å². The van der Waals surface area contributed by atoms with Crippen LogP contribution in [0.25, 0.3) is 10.2 Å². The van der Waals surface area contributed by atoms with E-state index in [2.05, 4.69) is 10.5 Å². The summed E-state index contributed by atoms with van der Waals surface area (Å²) < 4.78 is 29.6. The Morgan fingerprint density at radius 3 is 2.43 bits per heavy atom. The van der Waals surface area contributed by atoms with Gasteiger partial charge in [0.25, 0.3) is 5.91 Å². The van der Waals surface area contributed by atoms with Crippen molar-refractivity contribution in [2.45, 2.75) is 17.7 Å². The number of aromatic nitrogens is 1. The van der Waals surface area contributed by atoms with Gasteiger partial charge in [-0.3, -0.25) is 4.79 Å². The van der Waals surface area contributed by atoms with E-state index in [0.29, 0.717) is 23.5 Å². The zero-order valence-corrected chi connectivity index (χ0v) is 17.0. The first-order valence-corrected chi connectivity index (χ1v) is 11.2. The molecule has 0 atom stereocenters. The summed E-state index contributed by atoms with van der Waals surface area (Å²) >= 11 is 1.48. The van der Waals surface area contributed by atoms with Gasteiger partial charge in [-0.1, -0.05) is 23.5 Å². The summed E-state index contributed by atoms with van der Waals surface area (Å²) in [6.45, 7) is 1.10. The second-order valence-corrected chi connectivity index (χ2v) is 9.55.